The first-order valence-electron chi connectivity index (χ1n) is 11.1. The summed E-state index contributed by atoms with van der Waals surface area (Å²) >= 11 is 12.3. The molecular weight excluding hydrogens is 443 g/mol. The van der Waals surface area contributed by atoms with Crippen LogP contribution in [0.3, 0.4) is 0 Å². The highest BCUT2D eigenvalue weighted by Crippen LogP contribution is 2.31. The molecule has 1 aromatic heterocycles. The normalized spacial score (nSPS) is 12.2. The van der Waals surface area contributed by atoms with Crippen molar-refractivity contribution >= 4 is 29.1 Å². The van der Waals surface area contributed by atoms with Gasteiger partial charge in [-0.15, -0.1) is 0 Å². The summed E-state index contributed by atoms with van der Waals surface area (Å²) in [6, 6.07) is 14.9. The topological polar surface area (TPSA) is 61.0 Å². The van der Waals surface area contributed by atoms with Crippen molar-refractivity contribution < 1.29 is 4.79 Å². The summed E-state index contributed by atoms with van der Waals surface area (Å²) in [6.45, 7) is 9.60. The Hall–Kier alpha value is -2.34. The number of halogens is 2. The van der Waals surface area contributed by atoms with E-state index in [4.69, 9.17) is 23.2 Å². The van der Waals surface area contributed by atoms with E-state index in [2.05, 4.69) is 41.2 Å². The fourth-order valence-electron chi connectivity index (χ4n) is 3.65. The quantitative estimate of drug-likeness (QED) is 0.364. The van der Waals surface area contributed by atoms with Gasteiger partial charge in [0.25, 0.3) is 5.91 Å². The molecule has 0 spiro atoms. The highest BCUT2D eigenvalue weighted by molar-refractivity contribution is 6.36. The Morgan fingerprint density at radius 1 is 1.09 bits per heavy atom. The SMILES string of the molecule is CCN(CC)CCCC(C)NC(=O)c1ccc(-c2cc(-c3ccc(Cl)cc3Cl)[nH]n2)cc1. The number of carbonyl (C=O) groups excluding carboxylic acids is 1. The number of rotatable bonds is 10. The minimum Gasteiger partial charge on any atom is -0.350 e. The summed E-state index contributed by atoms with van der Waals surface area (Å²) in [4.78, 5) is 15.0. The molecule has 1 heterocycles. The molecule has 1 atom stereocenters. The number of hydrogen-bond acceptors (Lipinski definition) is 3. The lowest BCUT2D eigenvalue weighted by Gasteiger charge is -2.19. The molecular formula is C25H30Cl2N4O. The van der Waals surface area contributed by atoms with Gasteiger partial charge in [0, 0.05) is 27.8 Å². The third kappa shape index (κ3) is 6.35. The number of aromatic nitrogens is 2. The number of amides is 1. The summed E-state index contributed by atoms with van der Waals surface area (Å²) < 4.78 is 0. The maximum absolute atomic E-state index is 12.6. The van der Waals surface area contributed by atoms with Gasteiger partial charge >= 0.3 is 0 Å². The van der Waals surface area contributed by atoms with E-state index in [1.807, 2.05) is 36.4 Å². The molecule has 5 nitrogen and oxygen atoms in total. The number of hydrogen-bond donors (Lipinski definition) is 2. The van der Waals surface area contributed by atoms with E-state index in [1.54, 1.807) is 12.1 Å². The fraction of sp³-hybridized carbons (Fsp3) is 0.360. The van der Waals surface area contributed by atoms with Crippen LogP contribution in [0.25, 0.3) is 22.5 Å². The van der Waals surface area contributed by atoms with Gasteiger partial charge in [-0.05, 0) is 75.8 Å². The summed E-state index contributed by atoms with van der Waals surface area (Å²) in [5, 5.41) is 11.7. The van der Waals surface area contributed by atoms with Crippen molar-refractivity contribution in [3.8, 4) is 22.5 Å². The van der Waals surface area contributed by atoms with Gasteiger partial charge in [0.1, 0.15) is 0 Å². The number of aromatic amines is 1. The molecule has 0 bridgehead atoms. The van der Waals surface area contributed by atoms with E-state index >= 15 is 0 Å². The Balaban J connectivity index is 1.59. The van der Waals surface area contributed by atoms with Gasteiger partial charge in [-0.3, -0.25) is 9.89 Å². The molecule has 32 heavy (non-hydrogen) atoms. The number of benzene rings is 2. The maximum Gasteiger partial charge on any atom is 0.251 e. The lowest BCUT2D eigenvalue weighted by atomic mass is 10.1. The lowest BCUT2D eigenvalue weighted by molar-refractivity contribution is 0.0937. The molecule has 2 aromatic carbocycles. The summed E-state index contributed by atoms with van der Waals surface area (Å²) in [6.07, 6.45) is 2.03. The molecule has 0 saturated carbocycles. The van der Waals surface area contributed by atoms with Crippen molar-refractivity contribution in [2.24, 2.45) is 0 Å². The first kappa shape index (κ1) is 24.3. The van der Waals surface area contributed by atoms with Gasteiger partial charge in [-0.1, -0.05) is 49.2 Å². The van der Waals surface area contributed by atoms with Gasteiger partial charge in [-0.25, -0.2) is 0 Å². The lowest BCUT2D eigenvalue weighted by Crippen LogP contribution is -2.33. The second-order valence-corrected chi connectivity index (χ2v) is 8.76. The van der Waals surface area contributed by atoms with Gasteiger partial charge in [0.05, 0.1) is 16.4 Å². The zero-order valence-corrected chi connectivity index (χ0v) is 20.3. The van der Waals surface area contributed by atoms with Crippen molar-refractivity contribution in [1.82, 2.24) is 20.4 Å². The Morgan fingerprint density at radius 2 is 1.81 bits per heavy atom. The van der Waals surface area contributed by atoms with Crippen LogP contribution < -0.4 is 5.32 Å². The van der Waals surface area contributed by atoms with Crippen LogP contribution >= 0.6 is 23.2 Å². The summed E-state index contributed by atoms with van der Waals surface area (Å²) in [7, 11) is 0. The molecule has 170 valence electrons. The summed E-state index contributed by atoms with van der Waals surface area (Å²) in [5.74, 6) is -0.0532. The number of H-pyrrole nitrogens is 1. The first-order chi connectivity index (χ1) is 15.4. The standard InChI is InChI=1S/C25H30Cl2N4O/c1-4-31(5-2)14-6-7-17(3)28-25(32)19-10-8-18(9-11-19)23-16-24(30-29-23)21-13-12-20(26)15-22(21)27/h8-13,15-17H,4-7,14H2,1-3H3,(H,28,32)(H,29,30). The van der Waals surface area contributed by atoms with Crippen LogP contribution in [-0.2, 0) is 0 Å². The molecule has 3 aromatic rings. The second kappa shape index (κ2) is 11.5. The molecule has 0 aliphatic carbocycles. The minimum atomic E-state index is -0.0532. The van der Waals surface area contributed by atoms with Crippen LogP contribution in [0.4, 0.5) is 0 Å². The first-order valence-corrected chi connectivity index (χ1v) is 11.8. The molecule has 2 N–H and O–H groups in total. The molecule has 0 aliphatic rings. The van der Waals surface area contributed by atoms with Crippen LogP contribution in [0.1, 0.15) is 44.0 Å². The van der Waals surface area contributed by atoms with Gasteiger partial charge in [0.15, 0.2) is 0 Å². The summed E-state index contributed by atoms with van der Waals surface area (Å²) in [5.41, 5.74) is 3.98. The van der Waals surface area contributed by atoms with Gasteiger partial charge in [-0.2, -0.15) is 5.10 Å². The van der Waals surface area contributed by atoms with E-state index in [0.717, 1.165) is 55.0 Å². The zero-order chi connectivity index (χ0) is 23.1. The van der Waals surface area contributed by atoms with Crippen molar-refractivity contribution in [3.63, 3.8) is 0 Å². The van der Waals surface area contributed by atoms with Crippen LogP contribution in [0, 0.1) is 0 Å². The molecule has 0 saturated heterocycles. The molecule has 0 radical (unpaired) electrons. The average molecular weight is 473 g/mol. The predicted octanol–water partition coefficient (Wildman–Crippen LogP) is 6.29. The predicted molar refractivity (Wildman–Crippen MR) is 133 cm³/mol. The Morgan fingerprint density at radius 3 is 2.47 bits per heavy atom. The molecule has 0 fully saturated rings. The molecule has 1 unspecified atom stereocenters. The van der Waals surface area contributed by atoms with E-state index in [0.29, 0.717) is 15.6 Å². The minimum absolute atomic E-state index is 0.0532. The number of carbonyl (C=O) groups is 1. The Bertz CT molecular complexity index is 1030. The Labute approximate surface area is 200 Å². The van der Waals surface area contributed by atoms with Crippen molar-refractivity contribution in [2.75, 3.05) is 19.6 Å². The van der Waals surface area contributed by atoms with E-state index in [9.17, 15) is 4.79 Å². The smallest absolute Gasteiger partial charge is 0.251 e. The third-order valence-electron chi connectivity index (χ3n) is 5.63. The number of nitrogens with one attached hydrogen (secondary N) is 2. The molecule has 3 rings (SSSR count). The van der Waals surface area contributed by atoms with Gasteiger partial charge in [0.2, 0.25) is 0 Å². The van der Waals surface area contributed by atoms with Crippen LogP contribution in [0.5, 0.6) is 0 Å². The van der Waals surface area contributed by atoms with Gasteiger partial charge < -0.3 is 10.2 Å². The van der Waals surface area contributed by atoms with Crippen molar-refractivity contribution in [2.45, 2.75) is 39.7 Å². The molecule has 0 aliphatic heterocycles. The Kier molecular flexibility index (Phi) is 8.74. The second-order valence-electron chi connectivity index (χ2n) is 7.91. The molecule has 1 amide bonds. The highest BCUT2D eigenvalue weighted by Gasteiger charge is 2.13. The average Bonchev–Trinajstić information content (AvgIpc) is 3.26. The monoisotopic (exact) mass is 472 g/mol. The van der Waals surface area contributed by atoms with Crippen LogP contribution in [0.2, 0.25) is 10.0 Å². The van der Waals surface area contributed by atoms with Crippen molar-refractivity contribution in [3.05, 3.63) is 64.1 Å². The highest BCUT2D eigenvalue weighted by atomic mass is 35.5. The third-order valence-corrected chi connectivity index (χ3v) is 6.17. The molecule has 7 heteroatoms. The van der Waals surface area contributed by atoms with E-state index in [-0.39, 0.29) is 11.9 Å². The van der Waals surface area contributed by atoms with E-state index < -0.39 is 0 Å². The zero-order valence-electron chi connectivity index (χ0n) is 18.8. The van der Waals surface area contributed by atoms with Crippen LogP contribution in [-0.4, -0.2) is 46.7 Å². The van der Waals surface area contributed by atoms with Crippen LogP contribution in [0.15, 0.2) is 48.5 Å². The number of nitrogens with zero attached hydrogens (tertiary/aromatic N) is 2. The maximum atomic E-state index is 12.6. The largest absolute Gasteiger partial charge is 0.350 e. The van der Waals surface area contributed by atoms with Crippen molar-refractivity contribution in [1.29, 1.82) is 0 Å². The fourth-order valence-corrected chi connectivity index (χ4v) is 4.16. The van der Waals surface area contributed by atoms with E-state index in [1.165, 1.54) is 0 Å².